The molecule has 4 rings (SSSR count). The topological polar surface area (TPSA) is 80.3 Å². The Morgan fingerprint density at radius 3 is 2.38 bits per heavy atom. The second kappa shape index (κ2) is 10.2. The number of hydrogen-bond donors (Lipinski definition) is 1. The lowest BCUT2D eigenvalue weighted by Crippen LogP contribution is -2.51. The summed E-state index contributed by atoms with van der Waals surface area (Å²) in [6.07, 6.45) is 0. The van der Waals surface area contributed by atoms with Gasteiger partial charge in [-0.25, -0.2) is 4.79 Å². The maximum absolute atomic E-state index is 13.8. The number of anilines is 1. The fraction of sp³-hybridized carbons (Fsp3) is 0.320. The summed E-state index contributed by atoms with van der Waals surface area (Å²) in [5, 5.41) is 3.73. The van der Waals surface area contributed by atoms with Gasteiger partial charge in [0.1, 0.15) is 5.75 Å². The molecule has 2 aliphatic heterocycles. The zero-order valence-corrected chi connectivity index (χ0v) is 20.2. The van der Waals surface area contributed by atoms with Crippen LogP contribution in [0.4, 0.5) is 5.69 Å². The Labute approximate surface area is 204 Å². The van der Waals surface area contributed by atoms with E-state index in [2.05, 4.69) is 5.32 Å². The van der Waals surface area contributed by atoms with E-state index in [9.17, 15) is 9.59 Å². The van der Waals surface area contributed by atoms with Gasteiger partial charge < -0.3 is 24.4 Å². The van der Waals surface area contributed by atoms with Gasteiger partial charge >= 0.3 is 5.97 Å². The van der Waals surface area contributed by atoms with Crippen LogP contribution in [0.25, 0.3) is 0 Å². The van der Waals surface area contributed by atoms with E-state index in [1.165, 1.54) is 7.11 Å². The number of morpholine rings is 1. The quantitative estimate of drug-likeness (QED) is 0.516. The fourth-order valence-electron chi connectivity index (χ4n) is 4.28. The number of carbonyl (C=O) groups excluding carboxylic acids is 2. The van der Waals surface area contributed by atoms with Crippen molar-refractivity contribution in [3.8, 4) is 5.75 Å². The Kier molecular flexibility index (Phi) is 7.14. The molecule has 2 aliphatic rings. The van der Waals surface area contributed by atoms with Crippen molar-refractivity contribution >= 4 is 34.9 Å². The molecule has 1 saturated heterocycles. The molecule has 1 unspecified atom stereocenters. The highest BCUT2D eigenvalue weighted by atomic mass is 32.1. The van der Waals surface area contributed by atoms with Gasteiger partial charge in [-0.05, 0) is 55.0 Å². The van der Waals surface area contributed by atoms with Gasteiger partial charge in [-0.3, -0.25) is 9.69 Å². The van der Waals surface area contributed by atoms with Gasteiger partial charge in [-0.2, -0.15) is 0 Å². The molecule has 2 aromatic rings. The van der Waals surface area contributed by atoms with Crippen molar-refractivity contribution < 1.29 is 23.8 Å². The smallest absolute Gasteiger partial charge is 0.338 e. The fourth-order valence-corrected chi connectivity index (χ4v) is 4.64. The highest BCUT2D eigenvalue weighted by Crippen LogP contribution is 2.36. The normalized spacial score (nSPS) is 18.4. The number of thiocarbonyl (C=S) groups is 1. The maximum atomic E-state index is 13.8. The van der Waals surface area contributed by atoms with Crippen LogP contribution in [0.2, 0.25) is 0 Å². The van der Waals surface area contributed by atoms with E-state index in [0.29, 0.717) is 53.8 Å². The predicted octanol–water partition coefficient (Wildman–Crippen LogP) is 3.05. The van der Waals surface area contributed by atoms with Crippen molar-refractivity contribution in [3.63, 3.8) is 0 Å². The molecule has 1 amide bonds. The van der Waals surface area contributed by atoms with Crippen molar-refractivity contribution in [2.24, 2.45) is 0 Å². The molecule has 0 saturated carbocycles. The minimum atomic E-state index is -0.618. The largest absolute Gasteiger partial charge is 0.497 e. The molecule has 2 aromatic carbocycles. The second-order valence-corrected chi connectivity index (χ2v) is 8.29. The average molecular weight is 482 g/mol. The van der Waals surface area contributed by atoms with Crippen LogP contribution in [-0.2, 0) is 14.3 Å². The van der Waals surface area contributed by atoms with Crippen LogP contribution in [0.1, 0.15) is 28.9 Å². The van der Waals surface area contributed by atoms with Crippen molar-refractivity contribution in [2.75, 3.05) is 45.4 Å². The van der Waals surface area contributed by atoms with Gasteiger partial charge in [-0.1, -0.05) is 18.2 Å². The molecule has 1 atom stereocenters. The number of nitrogens with zero attached hydrogens (tertiary/aromatic N) is 2. The van der Waals surface area contributed by atoms with Crippen molar-refractivity contribution in [1.29, 1.82) is 0 Å². The van der Waals surface area contributed by atoms with E-state index in [1.54, 1.807) is 24.1 Å². The third-order valence-corrected chi connectivity index (χ3v) is 6.32. The summed E-state index contributed by atoms with van der Waals surface area (Å²) in [4.78, 5) is 30.0. The van der Waals surface area contributed by atoms with Crippen LogP contribution in [0.15, 0.2) is 59.8 Å². The maximum Gasteiger partial charge on any atom is 0.338 e. The van der Waals surface area contributed by atoms with E-state index < -0.39 is 12.0 Å². The lowest BCUT2D eigenvalue weighted by molar-refractivity contribution is -0.131. The van der Waals surface area contributed by atoms with Crippen molar-refractivity contribution in [1.82, 2.24) is 10.2 Å². The number of rotatable bonds is 5. The van der Waals surface area contributed by atoms with Crippen molar-refractivity contribution in [3.05, 3.63) is 70.9 Å². The highest BCUT2D eigenvalue weighted by Gasteiger charge is 2.38. The Morgan fingerprint density at radius 1 is 1.06 bits per heavy atom. The number of methoxy groups -OCH3 is 2. The summed E-state index contributed by atoms with van der Waals surface area (Å²) in [6, 6.07) is 13.9. The van der Waals surface area contributed by atoms with Crippen LogP contribution >= 0.6 is 12.2 Å². The van der Waals surface area contributed by atoms with E-state index in [-0.39, 0.29) is 5.91 Å². The first kappa shape index (κ1) is 23.7. The minimum absolute atomic E-state index is 0.126. The summed E-state index contributed by atoms with van der Waals surface area (Å²) in [7, 11) is 2.94. The van der Waals surface area contributed by atoms with Crippen LogP contribution in [0.5, 0.6) is 5.75 Å². The van der Waals surface area contributed by atoms with Gasteiger partial charge in [0.05, 0.1) is 44.6 Å². The summed E-state index contributed by atoms with van der Waals surface area (Å²) in [6.45, 7) is 3.83. The third kappa shape index (κ3) is 4.49. The number of allylic oxidation sites excluding steroid dienone is 1. The first-order chi connectivity index (χ1) is 16.5. The van der Waals surface area contributed by atoms with Gasteiger partial charge in [0.15, 0.2) is 5.11 Å². The minimum Gasteiger partial charge on any atom is -0.497 e. The molecule has 0 aromatic heterocycles. The molecule has 0 radical (unpaired) electrons. The SMILES string of the molecule is COC(=O)c1ccccc1C1NC(=S)N(c2ccc(OC)cc2)C(C)=C1C(=O)N1CCOCC1. The number of carbonyl (C=O) groups is 2. The summed E-state index contributed by atoms with van der Waals surface area (Å²) < 4.78 is 15.7. The van der Waals surface area contributed by atoms with Crippen LogP contribution in [0.3, 0.4) is 0 Å². The summed E-state index contributed by atoms with van der Waals surface area (Å²) in [5.41, 5.74) is 3.01. The Morgan fingerprint density at radius 2 is 1.74 bits per heavy atom. The number of ether oxygens (including phenoxy) is 3. The van der Waals surface area contributed by atoms with Crippen molar-refractivity contribution in [2.45, 2.75) is 13.0 Å². The van der Waals surface area contributed by atoms with E-state index in [1.807, 2.05) is 48.2 Å². The standard InChI is InChI=1S/C25H27N3O5S/c1-16-21(23(29)27-12-14-33-15-13-27)22(19-6-4-5-7-20(19)24(30)32-3)26-25(34)28(16)17-8-10-18(31-2)11-9-17/h4-11,22H,12-15H2,1-3H3,(H,26,34). The molecule has 0 aliphatic carbocycles. The molecule has 1 N–H and O–H groups in total. The number of hydrogen-bond acceptors (Lipinski definition) is 6. The van der Waals surface area contributed by atoms with Gasteiger partial charge in [-0.15, -0.1) is 0 Å². The molecular formula is C25H27N3O5S. The molecule has 0 spiro atoms. The number of esters is 1. The zero-order chi connectivity index (χ0) is 24.2. The van der Waals surface area contributed by atoms with Gasteiger partial charge in [0.25, 0.3) is 5.91 Å². The van der Waals surface area contributed by atoms with Gasteiger partial charge in [0.2, 0.25) is 0 Å². The molecule has 8 nitrogen and oxygen atoms in total. The molecule has 2 heterocycles. The third-order valence-electron chi connectivity index (χ3n) is 6.02. The highest BCUT2D eigenvalue weighted by molar-refractivity contribution is 7.80. The number of nitrogens with one attached hydrogen (secondary N) is 1. The van der Waals surface area contributed by atoms with Crippen LogP contribution in [-0.4, -0.2) is 62.4 Å². The van der Waals surface area contributed by atoms with E-state index in [0.717, 1.165) is 11.4 Å². The second-order valence-electron chi connectivity index (χ2n) is 7.90. The first-order valence-corrected chi connectivity index (χ1v) is 11.4. The lowest BCUT2D eigenvalue weighted by Gasteiger charge is -2.40. The predicted molar refractivity (Wildman–Crippen MR) is 132 cm³/mol. The Balaban J connectivity index is 1.85. The van der Waals surface area contributed by atoms with Gasteiger partial charge in [0, 0.05) is 24.5 Å². The Hall–Kier alpha value is -3.43. The van der Waals surface area contributed by atoms with Crippen LogP contribution in [0, 0.1) is 0 Å². The van der Waals surface area contributed by atoms with E-state index in [4.69, 9.17) is 26.4 Å². The molecule has 0 bridgehead atoms. The molecule has 34 heavy (non-hydrogen) atoms. The summed E-state index contributed by atoms with van der Waals surface area (Å²) in [5.74, 6) is 0.117. The first-order valence-electron chi connectivity index (χ1n) is 11.0. The lowest BCUT2D eigenvalue weighted by atomic mass is 9.90. The molecule has 178 valence electrons. The van der Waals surface area contributed by atoms with Crippen LogP contribution < -0.4 is 15.0 Å². The summed E-state index contributed by atoms with van der Waals surface area (Å²) >= 11 is 5.75. The molecule has 9 heteroatoms. The molecular weight excluding hydrogens is 454 g/mol. The molecule has 1 fully saturated rings. The monoisotopic (exact) mass is 481 g/mol. The zero-order valence-electron chi connectivity index (χ0n) is 19.4. The average Bonchev–Trinajstić information content (AvgIpc) is 2.88. The Bertz CT molecular complexity index is 1130. The number of amides is 1. The van der Waals surface area contributed by atoms with E-state index >= 15 is 0 Å². The number of benzene rings is 2.